The first-order valence-electron chi connectivity index (χ1n) is 11.2. The van der Waals surface area contributed by atoms with Crippen molar-refractivity contribution >= 4 is 23.3 Å². The number of aromatic nitrogens is 1. The van der Waals surface area contributed by atoms with Crippen LogP contribution in [0.15, 0.2) is 18.2 Å². The SMILES string of the molecule is O=C1c2c(N3CCC4(COC4)C3)nc(-c3c(O)cccc3F)c(Cl)c2OC[C@H]2CNCCN12. The Labute approximate surface area is 195 Å². The lowest BCUT2D eigenvalue weighted by Gasteiger charge is -2.38. The molecule has 33 heavy (non-hydrogen) atoms. The first-order chi connectivity index (χ1) is 16.0. The number of nitrogens with zero attached hydrogens (tertiary/aromatic N) is 3. The van der Waals surface area contributed by atoms with E-state index in [4.69, 9.17) is 26.1 Å². The Kier molecular flexibility index (Phi) is 4.90. The maximum atomic E-state index is 14.8. The molecule has 1 spiro atoms. The molecule has 4 aliphatic heterocycles. The minimum absolute atomic E-state index is 0.0243. The number of benzene rings is 1. The predicted octanol–water partition coefficient (Wildman–Crippen LogP) is 2.28. The summed E-state index contributed by atoms with van der Waals surface area (Å²) in [6.45, 7) is 4.83. The van der Waals surface area contributed by atoms with Gasteiger partial charge >= 0.3 is 0 Å². The van der Waals surface area contributed by atoms with E-state index in [9.17, 15) is 14.3 Å². The highest BCUT2D eigenvalue weighted by Crippen LogP contribution is 2.48. The molecule has 5 heterocycles. The molecular weight excluding hydrogens is 451 g/mol. The molecular formula is C23H24ClFN4O4. The van der Waals surface area contributed by atoms with Gasteiger partial charge in [0, 0.05) is 38.1 Å². The van der Waals surface area contributed by atoms with Gasteiger partial charge < -0.3 is 29.7 Å². The molecule has 8 nitrogen and oxygen atoms in total. The van der Waals surface area contributed by atoms with Crippen LogP contribution in [0.25, 0.3) is 11.3 Å². The minimum atomic E-state index is -0.651. The van der Waals surface area contributed by atoms with Gasteiger partial charge in [-0.25, -0.2) is 9.37 Å². The summed E-state index contributed by atoms with van der Waals surface area (Å²) in [4.78, 5) is 22.3. The first-order valence-corrected chi connectivity index (χ1v) is 11.5. The number of amides is 1. The molecule has 2 aromatic rings. The lowest BCUT2D eigenvalue weighted by molar-refractivity contribution is -0.0985. The molecule has 2 N–H and O–H groups in total. The Morgan fingerprint density at radius 3 is 2.85 bits per heavy atom. The van der Waals surface area contributed by atoms with Crippen LogP contribution in [0.1, 0.15) is 16.8 Å². The summed E-state index contributed by atoms with van der Waals surface area (Å²) in [5.41, 5.74) is 0.312. The minimum Gasteiger partial charge on any atom is -0.507 e. The van der Waals surface area contributed by atoms with Crippen LogP contribution >= 0.6 is 11.6 Å². The number of carbonyl (C=O) groups is 1. The number of nitrogens with one attached hydrogen (secondary N) is 1. The second-order valence-corrected chi connectivity index (χ2v) is 9.65. The number of ether oxygens (including phenoxy) is 2. The van der Waals surface area contributed by atoms with Crippen molar-refractivity contribution in [2.75, 3.05) is 57.4 Å². The third kappa shape index (κ3) is 3.25. The standard InChI is InChI=1S/C23H24ClFN4O4/c24-18-19(16-14(25)2-1-3-15(16)30)27-21(28-6-4-23(10-28)11-32-12-23)17-20(18)33-9-13-8-26-5-7-29(13)22(17)31/h1-3,13,26,30H,4-12H2/t13-/m1/s1. The van der Waals surface area contributed by atoms with Crippen molar-refractivity contribution in [2.24, 2.45) is 5.41 Å². The number of pyridine rings is 1. The molecule has 10 heteroatoms. The molecule has 0 bridgehead atoms. The molecule has 0 saturated carbocycles. The third-order valence-corrected chi connectivity index (χ3v) is 7.45. The number of halogens is 2. The van der Waals surface area contributed by atoms with E-state index in [2.05, 4.69) is 5.32 Å². The van der Waals surface area contributed by atoms with Gasteiger partial charge in [-0.3, -0.25) is 4.79 Å². The number of phenolic OH excluding ortho intramolecular Hbond substituents is 1. The molecule has 4 aliphatic rings. The summed E-state index contributed by atoms with van der Waals surface area (Å²) in [6.07, 6.45) is 0.914. The van der Waals surface area contributed by atoms with Crippen LogP contribution in [-0.4, -0.2) is 79.5 Å². The van der Waals surface area contributed by atoms with Crippen LogP contribution in [0.4, 0.5) is 10.2 Å². The van der Waals surface area contributed by atoms with E-state index in [1.165, 1.54) is 18.2 Å². The molecule has 1 atom stereocenters. The molecule has 1 aromatic carbocycles. The quantitative estimate of drug-likeness (QED) is 0.690. The largest absolute Gasteiger partial charge is 0.507 e. The van der Waals surface area contributed by atoms with E-state index in [0.717, 1.165) is 6.42 Å². The summed E-state index contributed by atoms with van der Waals surface area (Å²) in [5, 5.41) is 13.8. The summed E-state index contributed by atoms with van der Waals surface area (Å²) in [5.74, 6) is -0.498. The maximum Gasteiger partial charge on any atom is 0.261 e. The number of carbonyl (C=O) groups excluding carboxylic acids is 1. The third-order valence-electron chi connectivity index (χ3n) is 7.10. The lowest BCUT2D eigenvalue weighted by atomic mass is 9.85. The number of aromatic hydroxyl groups is 1. The average Bonchev–Trinajstić information content (AvgIpc) is 3.19. The Morgan fingerprint density at radius 1 is 1.27 bits per heavy atom. The summed E-state index contributed by atoms with van der Waals surface area (Å²) < 4.78 is 26.4. The maximum absolute atomic E-state index is 14.8. The zero-order valence-corrected chi connectivity index (χ0v) is 18.7. The fourth-order valence-corrected chi connectivity index (χ4v) is 5.53. The van der Waals surface area contributed by atoms with Gasteiger partial charge in [0.05, 0.1) is 24.8 Å². The van der Waals surface area contributed by atoms with Gasteiger partial charge in [-0.2, -0.15) is 0 Å². The number of rotatable bonds is 2. The van der Waals surface area contributed by atoms with Gasteiger partial charge in [-0.05, 0) is 18.6 Å². The van der Waals surface area contributed by atoms with Crippen molar-refractivity contribution in [3.05, 3.63) is 34.6 Å². The van der Waals surface area contributed by atoms with Gasteiger partial charge in [0.1, 0.15) is 40.3 Å². The summed E-state index contributed by atoms with van der Waals surface area (Å²) in [7, 11) is 0. The van der Waals surface area contributed by atoms with Gasteiger partial charge in [0.15, 0.2) is 5.75 Å². The number of anilines is 1. The van der Waals surface area contributed by atoms with Gasteiger partial charge in [-0.15, -0.1) is 0 Å². The number of phenols is 1. The second kappa shape index (κ2) is 7.72. The fraction of sp³-hybridized carbons (Fsp3) is 0.478. The molecule has 3 saturated heterocycles. The molecule has 3 fully saturated rings. The van der Waals surface area contributed by atoms with Crippen LogP contribution in [0, 0.1) is 11.2 Å². The van der Waals surface area contributed by atoms with Crippen LogP contribution in [0.3, 0.4) is 0 Å². The zero-order chi connectivity index (χ0) is 22.7. The van der Waals surface area contributed by atoms with E-state index < -0.39 is 5.82 Å². The highest BCUT2D eigenvalue weighted by atomic mass is 35.5. The topological polar surface area (TPSA) is 87.2 Å². The lowest BCUT2D eigenvalue weighted by Crippen LogP contribution is -2.55. The Hall–Kier alpha value is -2.62. The van der Waals surface area contributed by atoms with E-state index in [-0.39, 0.29) is 51.7 Å². The van der Waals surface area contributed by atoms with Crippen LogP contribution < -0.4 is 15.0 Å². The number of fused-ring (bicyclic) bond motifs is 2. The van der Waals surface area contributed by atoms with E-state index in [1.54, 1.807) is 0 Å². The van der Waals surface area contributed by atoms with Crippen LogP contribution in [0.5, 0.6) is 11.5 Å². The Morgan fingerprint density at radius 2 is 2.12 bits per heavy atom. The summed E-state index contributed by atoms with van der Waals surface area (Å²) >= 11 is 6.72. The average molecular weight is 475 g/mol. The van der Waals surface area contributed by atoms with Crippen molar-refractivity contribution in [1.29, 1.82) is 0 Å². The van der Waals surface area contributed by atoms with Crippen molar-refractivity contribution in [1.82, 2.24) is 15.2 Å². The molecule has 0 radical (unpaired) electrons. The molecule has 0 unspecified atom stereocenters. The summed E-state index contributed by atoms with van der Waals surface area (Å²) in [6, 6.07) is 3.90. The van der Waals surface area contributed by atoms with Gasteiger partial charge in [0.25, 0.3) is 5.91 Å². The van der Waals surface area contributed by atoms with Crippen molar-refractivity contribution in [3.63, 3.8) is 0 Å². The number of hydrogen-bond donors (Lipinski definition) is 2. The smallest absolute Gasteiger partial charge is 0.261 e. The number of piperazine rings is 1. The molecule has 1 amide bonds. The van der Waals surface area contributed by atoms with Gasteiger partial charge in [0.2, 0.25) is 0 Å². The highest BCUT2D eigenvalue weighted by molar-refractivity contribution is 6.35. The highest BCUT2D eigenvalue weighted by Gasteiger charge is 2.47. The van der Waals surface area contributed by atoms with Crippen LogP contribution in [-0.2, 0) is 4.74 Å². The van der Waals surface area contributed by atoms with Crippen molar-refractivity contribution in [2.45, 2.75) is 12.5 Å². The van der Waals surface area contributed by atoms with Crippen molar-refractivity contribution in [3.8, 4) is 22.8 Å². The molecule has 0 aliphatic carbocycles. The van der Waals surface area contributed by atoms with E-state index in [1.807, 2.05) is 9.80 Å². The van der Waals surface area contributed by atoms with Crippen LogP contribution in [0.2, 0.25) is 5.02 Å². The normalized spacial score (nSPS) is 23.6. The van der Waals surface area contributed by atoms with E-state index >= 15 is 0 Å². The van der Waals surface area contributed by atoms with Gasteiger partial charge in [-0.1, -0.05) is 17.7 Å². The molecule has 6 rings (SSSR count). The predicted molar refractivity (Wildman–Crippen MR) is 120 cm³/mol. The zero-order valence-electron chi connectivity index (χ0n) is 17.9. The second-order valence-electron chi connectivity index (χ2n) is 9.27. The number of hydrogen-bond acceptors (Lipinski definition) is 7. The van der Waals surface area contributed by atoms with Crippen molar-refractivity contribution < 1.29 is 23.8 Å². The monoisotopic (exact) mass is 474 g/mol. The Bertz CT molecular complexity index is 1120. The fourth-order valence-electron chi connectivity index (χ4n) is 5.24. The molecule has 1 aromatic heterocycles. The molecule has 174 valence electrons. The Balaban J connectivity index is 1.55. The van der Waals surface area contributed by atoms with E-state index in [0.29, 0.717) is 57.3 Å². The first kappa shape index (κ1) is 20.9.